The van der Waals surface area contributed by atoms with Crippen LogP contribution in [0.15, 0.2) is 29.8 Å². The third-order valence-corrected chi connectivity index (χ3v) is 3.23. The van der Waals surface area contributed by atoms with Crippen molar-refractivity contribution in [1.29, 1.82) is 0 Å². The zero-order valence-electron chi connectivity index (χ0n) is 10.0. The van der Waals surface area contributed by atoms with Gasteiger partial charge in [0.05, 0.1) is 11.3 Å². The number of aryl methyl sites for hydroxylation is 1. The van der Waals surface area contributed by atoms with Gasteiger partial charge in [-0.05, 0) is 23.6 Å². The second-order valence-electron chi connectivity index (χ2n) is 3.67. The zero-order valence-corrected chi connectivity index (χ0v) is 10.8. The Morgan fingerprint density at radius 3 is 2.89 bits per heavy atom. The number of aromatic carboxylic acids is 1. The van der Waals surface area contributed by atoms with Crippen LogP contribution >= 0.6 is 11.3 Å². The molecule has 2 N–H and O–H groups in total. The van der Waals surface area contributed by atoms with Gasteiger partial charge in [-0.3, -0.25) is 9.48 Å². The van der Waals surface area contributed by atoms with Crippen molar-refractivity contribution >= 4 is 34.3 Å². The molecule has 19 heavy (non-hydrogen) atoms. The van der Waals surface area contributed by atoms with Gasteiger partial charge in [0.2, 0.25) is 5.91 Å². The lowest BCUT2D eigenvalue weighted by Gasteiger charge is -2.00. The monoisotopic (exact) mass is 277 g/mol. The van der Waals surface area contributed by atoms with E-state index < -0.39 is 5.97 Å². The van der Waals surface area contributed by atoms with Crippen molar-refractivity contribution in [1.82, 2.24) is 9.78 Å². The van der Waals surface area contributed by atoms with Crippen LogP contribution in [0.1, 0.15) is 16.1 Å². The lowest BCUT2D eigenvalue weighted by atomic mass is 10.3. The van der Waals surface area contributed by atoms with Gasteiger partial charge in [0, 0.05) is 19.3 Å². The number of anilines is 1. The average molecular weight is 277 g/mol. The Morgan fingerprint density at radius 2 is 2.26 bits per heavy atom. The molecule has 0 radical (unpaired) electrons. The van der Waals surface area contributed by atoms with E-state index in [1.54, 1.807) is 35.4 Å². The molecule has 0 aliphatic heterocycles. The topological polar surface area (TPSA) is 84.2 Å². The third kappa shape index (κ3) is 3.08. The SMILES string of the molecule is Cn1nccc1/C=C/C(=O)Nc1sccc1C(=O)O. The van der Waals surface area contributed by atoms with Gasteiger partial charge in [-0.25, -0.2) is 4.79 Å². The highest BCUT2D eigenvalue weighted by molar-refractivity contribution is 7.14. The van der Waals surface area contributed by atoms with Crippen LogP contribution < -0.4 is 5.32 Å². The summed E-state index contributed by atoms with van der Waals surface area (Å²) in [7, 11) is 1.76. The minimum absolute atomic E-state index is 0.0901. The molecule has 0 aromatic carbocycles. The van der Waals surface area contributed by atoms with Gasteiger partial charge >= 0.3 is 5.97 Å². The zero-order chi connectivity index (χ0) is 13.8. The fourth-order valence-corrected chi connectivity index (χ4v) is 2.22. The second kappa shape index (κ2) is 5.49. The maximum atomic E-state index is 11.7. The van der Waals surface area contributed by atoms with Gasteiger partial charge in [-0.2, -0.15) is 5.10 Å². The summed E-state index contributed by atoms with van der Waals surface area (Å²) in [6.45, 7) is 0. The first-order chi connectivity index (χ1) is 9.08. The molecular weight excluding hydrogens is 266 g/mol. The van der Waals surface area contributed by atoms with Gasteiger partial charge in [0.15, 0.2) is 0 Å². The Hall–Kier alpha value is -2.41. The van der Waals surface area contributed by atoms with Crippen LogP contribution in [0, 0.1) is 0 Å². The van der Waals surface area contributed by atoms with Crippen molar-refractivity contribution in [3.05, 3.63) is 41.0 Å². The summed E-state index contributed by atoms with van der Waals surface area (Å²) in [5.74, 6) is -1.45. The Balaban J connectivity index is 2.06. The van der Waals surface area contributed by atoms with Crippen LogP contribution in [-0.2, 0) is 11.8 Å². The summed E-state index contributed by atoms with van der Waals surface area (Å²) in [6.07, 6.45) is 4.57. The van der Waals surface area contributed by atoms with Crippen LogP contribution in [0.2, 0.25) is 0 Å². The molecule has 0 aliphatic carbocycles. The number of nitrogens with one attached hydrogen (secondary N) is 1. The van der Waals surface area contributed by atoms with Crippen molar-refractivity contribution in [3.8, 4) is 0 Å². The molecule has 6 nitrogen and oxygen atoms in total. The average Bonchev–Trinajstić information content (AvgIpc) is 2.95. The fourth-order valence-electron chi connectivity index (χ4n) is 1.44. The Kier molecular flexibility index (Phi) is 3.76. The molecule has 7 heteroatoms. The molecule has 0 aliphatic rings. The molecule has 2 aromatic rings. The van der Waals surface area contributed by atoms with E-state index in [9.17, 15) is 9.59 Å². The number of carboxylic acids is 1. The fraction of sp³-hybridized carbons (Fsp3) is 0.0833. The minimum atomic E-state index is -1.06. The van der Waals surface area contributed by atoms with Crippen molar-refractivity contribution in [2.45, 2.75) is 0 Å². The first-order valence-electron chi connectivity index (χ1n) is 5.36. The van der Waals surface area contributed by atoms with Gasteiger partial charge in [0.25, 0.3) is 0 Å². The lowest BCUT2D eigenvalue weighted by Crippen LogP contribution is -2.09. The Bertz CT molecular complexity index is 642. The predicted octanol–water partition coefficient (Wildman–Crippen LogP) is 1.83. The number of rotatable bonds is 4. The van der Waals surface area contributed by atoms with Crippen LogP contribution in [0.5, 0.6) is 0 Å². The maximum absolute atomic E-state index is 11.7. The summed E-state index contributed by atoms with van der Waals surface area (Å²) in [5, 5.41) is 17.4. The van der Waals surface area contributed by atoms with E-state index in [2.05, 4.69) is 10.4 Å². The molecule has 0 bridgehead atoms. The lowest BCUT2D eigenvalue weighted by molar-refractivity contribution is -0.111. The van der Waals surface area contributed by atoms with Crippen LogP contribution in [0.3, 0.4) is 0 Å². The number of aromatic nitrogens is 2. The summed E-state index contributed by atoms with van der Waals surface area (Å²) >= 11 is 1.17. The van der Waals surface area contributed by atoms with Crippen molar-refractivity contribution in [2.24, 2.45) is 7.05 Å². The van der Waals surface area contributed by atoms with Gasteiger partial charge in [-0.1, -0.05) is 0 Å². The molecule has 0 saturated carbocycles. The number of hydrogen-bond acceptors (Lipinski definition) is 4. The van der Waals surface area contributed by atoms with E-state index in [1.807, 2.05) is 0 Å². The van der Waals surface area contributed by atoms with E-state index in [0.717, 1.165) is 5.69 Å². The first kappa shape index (κ1) is 13.0. The smallest absolute Gasteiger partial charge is 0.338 e. The van der Waals surface area contributed by atoms with Gasteiger partial charge < -0.3 is 10.4 Å². The molecule has 2 rings (SSSR count). The summed E-state index contributed by atoms with van der Waals surface area (Å²) < 4.78 is 1.62. The Labute approximate surface area is 113 Å². The van der Waals surface area contributed by atoms with Gasteiger partial charge in [0.1, 0.15) is 5.00 Å². The molecule has 0 fully saturated rings. The maximum Gasteiger partial charge on any atom is 0.338 e. The number of hydrogen-bond donors (Lipinski definition) is 2. The van der Waals surface area contributed by atoms with Crippen LogP contribution in [-0.4, -0.2) is 26.8 Å². The third-order valence-electron chi connectivity index (χ3n) is 2.40. The quantitative estimate of drug-likeness (QED) is 0.835. The highest BCUT2D eigenvalue weighted by Gasteiger charge is 2.12. The highest BCUT2D eigenvalue weighted by Crippen LogP contribution is 2.23. The molecule has 1 amide bonds. The molecule has 0 saturated heterocycles. The number of carboxylic acid groups (broad SMARTS) is 1. The van der Waals surface area contributed by atoms with E-state index in [0.29, 0.717) is 5.00 Å². The minimum Gasteiger partial charge on any atom is -0.478 e. The number of nitrogens with zero attached hydrogens (tertiary/aromatic N) is 2. The van der Waals surface area contributed by atoms with Crippen molar-refractivity contribution in [2.75, 3.05) is 5.32 Å². The summed E-state index contributed by atoms with van der Waals surface area (Å²) in [4.78, 5) is 22.6. The molecular formula is C12H11N3O3S. The van der Waals surface area contributed by atoms with E-state index in [4.69, 9.17) is 5.11 Å². The van der Waals surface area contributed by atoms with Crippen LogP contribution in [0.25, 0.3) is 6.08 Å². The number of thiophene rings is 1. The molecule has 0 spiro atoms. The standard InChI is InChI=1S/C12H11N3O3S/c1-15-8(4-6-13-15)2-3-10(16)14-11-9(12(17)18)5-7-19-11/h2-7H,1H3,(H,14,16)(H,17,18)/b3-2+. The molecule has 2 heterocycles. The van der Waals surface area contributed by atoms with Crippen molar-refractivity contribution in [3.63, 3.8) is 0 Å². The normalized spacial score (nSPS) is 10.8. The second-order valence-corrected chi connectivity index (χ2v) is 4.59. The van der Waals surface area contributed by atoms with Gasteiger partial charge in [-0.15, -0.1) is 11.3 Å². The predicted molar refractivity (Wildman–Crippen MR) is 72.2 cm³/mol. The summed E-state index contributed by atoms with van der Waals surface area (Å²) in [5.41, 5.74) is 0.868. The first-order valence-corrected chi connectivity index (χ1v) is 6.24. The molecule has 0 atom stereocenters. The Morgan fingerprint density at radius 1 is 1.47 bits per heavy atom. The molecule has 0 unspecified atom stereocenters. The number of carbonyl (C=O) groups is 2. The highest BCUT2D eigenvalue weighted by atomic mass is 32.1. The summed E-state index contributed by atoms with van der Waals surface area (Å²) in [6, 6.07) is 3.21. The van der Waals surface area contributed by atoms with Crippen LogP contribution in [0.4, 0.5) is 5.00 Å². The van der Waals surface area contributed by atoms with Crippen molar-refractivity contribution < 1.29 is 14.7 Å². The van der Waals surface area contributed by atoms with E-state index in [1.165, 1.54) is 23.5 Å². The molecule has 2 aromatic heterocycles. The number of carbonyl (C=O) groups excluding carboxylic acids is 1. The van der Waals surface area contributed by atoms with E-state index >= 15 is 0 Å². The number of amides is 1. The van der Waals surface area contributed by atoms with E-state index in [-0.39, 0.29) is 11.5 Å². The largest absolute Gasteiger partial charge is 0.478 e. The molecule has 98 valence electrons.